The fourth-order valence-corrected chi connectivity index (χ4v) is 6.85. The quantitative estimate of drug-likeness (QED) is 0.769. The number of aromatic hydroxyl groups is 2. The van der Waals surface area contributed by atoms with E-state index < -0.39 is 0 Å². The number of rotatable bonds is 5. The van der Waals surface area contributed by atoms with Gasteiger partial charge in [-0.2, -0.15) is 0 Å². The first-order chi connectivity index (χ1) is 15.1. The Labute approximate surface area is 183 Å². The predicted octanol–water partition coefficient (Wildman–Crippen LogP) is 3.64. The first-order valence-corrected chi connectivity index (χ1v) is 11.9. The molecule has 31 heavy (non-hydrogen) atoms. The molecular weight excluding hydrogens is 388 g/mol. The van der Waals surface area contributed by atoms with Gasteiger partial charge in [0, 0.05) is 50.7 Å². The van der Waals surface area contributed by atoms with Gasteiger partial charge in [-0.25, -0.2) is 0 Å². The van der Waals surface area contributed by atoms with Gasteiger partial charge in [0.15, 0.2) is 0 Å². The van der Waals surface area contributed by atoms with Crippen molar-refractivity contribution in [3.05, 3.63) is 47.5 Å². The van der Waals surface area contributed by atoms with Crippen LogP contribution in [0.15, 0.2) is 30.6 Å². The summed E-state index contributed by atoms with van der Waals surface area (Å²) in [4.78, 5) is 14.0. The normalized spacial score (nSPS) is 32.7. The molecule has 2 aromatic rings. The van der Waals surface area contributed by atoms with Gasteiger partial charge in [0.1, 0.15) is 11.5 Å². The van der Waals surface area contributed by atoms with Gasteiger partial charge in [-0.05, 0) is 80.0 Å². The molecule has 6 heteroatoms. The number of likely N-dealkylation sites (tertiary alicyclic amines) is 1. The minimum atomic E-state index is 0.293. The Bertz CT molecular complexity index is 932. The minimum absolute atomic E-state index is 0.293. The summed E-state index contributed by atoms with van der Waals surface area (Å²) in [5, 5.41) is 20.7. The zero-order chi connectivity index (χ0) is 20.9. The maximum absolute atomic E-state index is 10.7. The second-order valence-electron chi connectivity index (χ2n) is 10.2. The topological polar surface area (TPSA) is 72.7 Å². The Kier molecular flexibility index (Phi) is 4.87. The van der Waals surface area contributed by atoms with Crippen LogP contribution in [-0.2, 0) is 13.1 Å². The summed E-state index contributed by atoms with van der Waals surface area (Å²) in [6.07, 6.45) is 11.3. The molecule has 1 aliphatic carbocycles. The Morgan fingerprint density at radius 2 is 1.55 bits per heavy atom. The summed E-state index contributed by atoms with van der Waals surface area (Å²) in [5.74, 6) is 2.53. The van der Waals surface area contributed by atoms with E-state index in [-0.39, 0.29) is 0 Å². The molecule has 4 fully saturated rings. The van der Waals surface area contributed by atoms with Crippen molar-refractivity contribution < 1.29 is 10.2 Å². The van der Waals surface area contributed by atoms with E-state index in [1.165, 1.54) is 31.2 Å². The molecule has 5 heterocycles. The van der Waals surface area contributed by atoms with Crippen molar-refractivity contribution >= 4 is 0 Å². The number of hydrogen-bond donors (Lipinski definition) is 2. The van der Waals surface area contributed by atoms with Crippen LogP contribution in [0.4, 0.5) is 0 Å². The lowest BCUT2D eigenvalue weighted by Crippen LogP contribution is -2.28. The van der Waals surface area contributed by atoms with Crippen molar-refractivity contribution in [1.29, 1.82) is 0 Å². The summed E-state index contributed by atoms with van der Waals surface area (Å²) in [7, 11) is 0. The maximum Gasteiger partial charge on any atom is 0.138 e. The molecular formula is C25H32N4O2. The highest BCUT2D eigenvalue weighted by atomic mass is 16.3. The molecule has 1 saturated carbocycles. The molecule has 2 bridgehead atoms. The SMILES string of the molecule is Oc1cccnc1CN1CC2CC(c3cnc(CN4C5CCC4CC5)c(O)c3)CC2C1. The molecule has 0 amide bonds. The summed E-state index contributed by atoms with van der Waals surface area (Å²) in [6, 6.07) is 6.89. The molecule has 6 rings (SSSR count). The van der Waals surface area contributed by atoms with Crippen molar-refractivity contribution in [3.8, 4) is 11.5 Å². The second-order valence-corrected chi connectivity index (χ2v) is 10.2. The average Bonchev–Trinajstić information content (AvgIpc) is 3.52. The van der Waals surface area contributed by atoms with E-state index in [4.69, 9.17) is 4.98 Å². The van der Waals surface area contributed by atoms with Gasteiger partial charge < -0.3 is 10.2 Å². The van der Waals surface area contributed by atoms with Gasteiger partial charge in [0.25, 0.3) is 0 Å². The third kappa shape index (κ3) is 3.60. The van der Waals surface area contributed by atoms with E-state index >= 15 is 0 Å². The van der Waals surface area contributed by atoms with Crippen LogP contribution < -0.4 is 0 Å². The first-order valence-electron chi connectivity index (χ1n) is 11.9. The highest BCUT2D eigenvalue weighted by molar-refractivity contribution is 5.33. The third-order valence-electron chi connectivity index (χ3n) is 8.44. The van der Waals surface area contributed by atoms with Gasteiger partial charge in [-0.3, -0.25) is 19.8 Å². The monoisotopic (exact) mass is 420 g/mol. The molecule has 2 unspecified atom stereocenters. The third-order valence-corrected chi connectivity index (χ3v) is 8.44. The lowest BCUT2D eigenvalue weighted by atomic mass is 9.97. The van der Waals surface area contributed by atoms with E-state index in [9.17, 15) is 10.2 Å². The summed E-state index contributed by atoms with van der Waals surface area (Å²) >= 11 is 0. The fraction of sp³-hybridized carbons (Fsp3) is 0.600. The van der Waals surface area contributed by atoms with Crippen LogP contribution in [0.2, 0.25) is 0 Å². The zero-order valence-corrected chi connectivity index (χ0v) is 18.0. The van der Waals surface area contributed by atoms with Gasteiger partial charge in [0.05, 0.1) is 11.4 Å². The van der Waals surface area contributed by atoms with Crippen molar-refractivity contribution in [3.63, 3.8) is 0 Å². The molecule has 0 spiro atoms. The zero-order valence-electron chi connectivity index (χ0n) is 18.0. The van der Waals surface area contributed by atoms with Gasteiger partial charge in [-0.1, -0.05) is 0 Å². The van der Waals surface area contributed by atoms with Crippen LogP contribution in [-0.4, -0.2) is 55.2 Å². The standard InChI is InChI=1S/C25H32N4O2/c30-24-2-1-7-26-22(24)14-28-12-18-8-16(9-19(18)13-28)17-10-25(31)23(27-11-17)15-29-20-3-4-21(29)6-5-20/h1-2,7,10-11,16,18-21,30-31H,3-6,8-9,12-15H2. The summed E-state index contributed by atoms with van der Waals surface area (Å²) in [5.41, 5.74) is 2.83. The lowest BCUT2D eigenvalue weighted by molar-refractivity contribution is 0.237. The largest absolute Gasteiger partial charge is 0.506 e. The highest BCUT2D eigenvalue weighted by Crippen LogP contribution is 2.47. The second kappa shape index (κ2) is 7.75. The Balaban J connectivity index is 1.08. The first kappa shape index (κ1) is 19.5. The van der Waals surface area contributed by atoms with Crippen LogP contribution in [0.25, 0.3) is 0 Å². The Morgan fingerprint density at radius 3 is 2.19 bits per heavy atom. The average molecular weight is 421 g/mol. The van der Waals surface area contributed by atoms with E-state index in [2.05, 4.69) is 14.8 Å². The smallest absolute Gasteiger partial charge is 0.138 e. The molecule has 3 saturated heterocycles. The van der Waals surface area contributed by atoms with E-state index in [0.717, 1.165) is 50.4 Å². The van der Waals surface area contributed by atoms with Crippen LogP contribution >= 0.6 is 0 Å². The predicted molar refractivity (Wildman–Crippen MR) is 118 cm³/mol. The van der Waals surface area contributed by atoms with Crippen LogP contribution in [0.1, 0.15) is 61.4 Å². The number of nitrogens with zero attached hydrogens (tertiary/aromatic N) is 4. The Hall–Kier alpha value is -2.18. The molecule has 2 atom stereocenters. The van der Waals surface area contributed by atoms with Gasteiger partial charge in [-0.15, -0.1) is 0 Å². The maximum atomic E-state index is 10.7. The van der Waals surface area contributed by atoms with Crippen LogP contribution in [0, 0.1) is 11.8 Å². The van der Waals surface area contributed by atoms with Crippen molar-refractivity contribution in [1.82, 2.24) is 19.8 Å². The number of fused-ring (bicyclic) bond motifs is 3. The molecule has 0 radical (unpaired) electrons. The highest BCUT2D eigenvalue weighted by Gasteiger charge is 2.42. The molecule has 6 nitrogen and oxygen atoms in total. The molecule has 2 N–H and O–H groups in total. The van der Waals surface area contributed by atoms with E-state index in [1.807, 2.05) is 12.3 Å². The van der Waals surface area contributed by atoms with E-state index in [0.29, 0.717) is 41.3 Å². The number of pyridine rings is 2. The summed E-state index contributed by atoms with van der Waals surface area (Å²) < 4.78 is 0. The number of hydrogen-bond acceptors (Lipinski definition) is 6. The summed E-state index contributed by atoms with van der Waals surface area (Å²) in [6.45, 7) is 3.64. The van der Waals surface area contributed by atoms with E-state index in [1.54, 1.807) is 18.3 Å². The molecule has 4 aliphatic rings. The van der Waals surface area contributed by atoms with Crippen molar-refractivity contribution in [2.45, 2.75) is 69.6 Å². The molecule has 3 aliphatic heterocycles. The molecule has 164 valence electrons. The van der Waals surface area contributed by atoms with Crippen molar-refractivity contribution in [2.75, 3.05) is 13.1 Å². The number of aromatic nitrogens is 2. The minimum Gasteiger partial charge on any atom is -0.506 e. The fourth-order valence-electron chi connectivity index (χ4n) is 6.85. The molecule has 2 aromatic heterocycles. The molecule has 0 aromatic carbocycles. The van der Waals surface area contributed by atoms with Gasteiger partial charge >= 0.3 is 0 Å². The Morgan fingerprint density at radius 1 is 0.871 bits per heavy atom. The van der Waals surface area contributed by atoms with Crippen LogP contribution in [0.5, 0.6) is 11.5 Å². The van der Waals surface area contributed by atoms with Crippen molar-refractivity contribution in [2.24, 2.45) is 11.8 Å². The van der Waals surface area contributed by atoms with Gasteiger partial charge in [0.2, 0.25) is 0 Å². The lowest BCUT2D eigenvalue weighted by Gasteiger charge is -2.22. The van der Waals surface area contributed by atoms with Crippen LogP contribution in [0.3, 0.4) is 0 Å².